The molecule has 2 fully saturated rings. The Balaban J connectivity index is 1.96. The van der Waals surface area contributed by atoms with Crippen LogP contribution in [0.15, 0.2) is 47.3 Å². The van der Waals surface area contributed by atoms with Crippen LogP contribution in [0.4, 0.5) is 4.79 Å². The second-order valence-corrected chi connectivity index (χ2v) is 17.2. The van der Waals surface area contributed by atoms with Crippen LogP contribution in [0.3, 0.4) is 0 Å². The molecular formula is C44H73NO14. The van der Waals surface area contributed by atoms with E-state index in [0.717, 1.165) is 5.57 Å². The highest BCUT2D eigenvalue weighted by Crippen LogP contribution is 2.42. The summed E-state index contributed by atoms with van der Waals surface area (Å²) in [6, 6.07) is 0. The Hall–Kier alpha value is -2.86. The first-order chi connectivity index (χ1) is 27.6. The molecule has 7 N–H and O–H groups in total. The molecule has 0 aromatic heterocycles. The van der Waals surface area contributed by atoms with Crippen molar-refractivity contribution in [3.63, 3.8) is 0 Å². The zero-order valence-corrected chi connectivity index (χ0v) is 37.0. The van der Waals surface area contributed by atoms with Crippen molar-refractivity contribution in [3.05, 3.63) is 47.3 Å². The van der Waals surface area contributed by atoms with E-state index in [0.29, 0.717) is 18.4 Å². The lowest BCUT2D eigenvalue weighted by Gasteiger charge is -2.49. The summed E-state index contributed by atoms with van der Waals surface area (Å²) in [5, 5.41) is 57.6. The predicted molar refractivity (Wildman–Crippen MR) is 219 cm³/mol. The Labute approximate surface area is 350 Å². The van der Waals surface area contributed by atoms with E-state index in [9.17, 15) is 35.1 Å². The normalized spacial score (nSPS) is 43.1. The summed E-state index contributed by atoms with van der Waals surface area (Å²) < 4.78 is 41.0. The number of aliphatic hydroxyl groups excluding tert-OH is 4. The molecule has 0 aromatic carbocycles. The molecule has 0 spiro atoms. The van der Waals surface area contributed by atoms with Crippen LogP contribution in [0.5, 0.6) is 0 Å². The average Bonchev–Trinajstić information content (AvgIpc) is 3.16. The predicted octanol–water partition coefficient (Wildman–Crippen LogP) is 4.43. The number of carbonyl (C=O) groups is 2. The van der Waals surface area contributed by atoms with Gasteiger partial charge in [-0.05, 0) is 52.5 Å². The molecular weight excluding hydrogens is 766 g/mol. The molecule has 1 amide bonds. The topological polar surface area (TPSA) is 226 Å². The molecule has 15 heteroatoms. The van der Waals surface area contributed by atoms with Crippen molar-refractivity contribution < 1.29 is 68.3 Å². The average molecular weight is 840 g/mol. The number of cyclic esters (lactones) is 1. The van der Waals surface area contributed by atoms with Gasteiger partial charge in [0.05, 0.1) is 49.8 Å². The fraction of sp³-hybridized carbons (Fsp3) is 0.773. The lowest BCUT2D eigenvalue weighted by Crippen LogP contribution is -2.59. The Kier molecular flexibility index (Phi) is 19.1. The van der Waals surface area contributed by atoms with Crippen molar-refractivity contribution >= 4 is 12.1 Å². The van der Waals surface area contributed by atoms with Gasteiger partial charge >= 0.3 is 12.1 Å². The molecule has 3 heterocycles. The quantitative estimate of drug-likeness (QED) is 0.168. The van der Waals surface area contributed by atoms with E-state index in [1.165, 1.54) is 20.3 Å². The number of methoxy groups -OCH3 is 2. The number of nitrogens with two attached hydrogens (primary N) is 1. The van der Waals surface area contributed by atoms with Crippen molar-refractivity contribution in [2.75, 3.05) is 14.2 Å². The maximum atomic E-state index is 13.9. The number of primary amides is 1. The van der Waals surface area contributed by atoms with Gasteiger partial charge in [-0.2, -0.15) is 0 Å². The van der Waals surface area contributed by atoms with Gasteiger partial charge in [0.2, 0.25) is 5.76 Å². The highest BCUT2D eigenvalue weighted by Gasteiger charge is 2.52. The molecule has 18 atom stereocenters. The lowest BCUT2D eigenvalue weighted by molar-refractivity contribution is -0.343. The molecule has 0 aliphatic carbocycles. The largest absolute Gasteiger partial charge is 0.490 e. The highest BCUT2D eigenvalue weighted by atomic mass is 16.7. The van der Waals surface area contributed by atoms with Crippen molar-refractivity contribution in [2.45, 2.75) is 168 Å². The molecule has 2 saturated heterocycles. The van der Waals surface area contributed by atoms with Gasteiger partial charge < -0.3 is 64.4 Å². The molecule has 0 unspecified atom stereocenters. The van der Waals surface area contributed by atoms with Gasteiger partial charge in [0, 0.05) is 49.5 Å². The van der Waals surface area contributed by atoms with Crippen LogP contribution in [0, 0.1) is 35.5 Å². The molecule has 338 valence electrons. The molecule has 0 saturated carbocycles. The van der Waals surface area contributed by atoms with E-state index in [4.69, 9.17) is 38.9 Å². The number of hydrogen-bond acceptors (Lipinski definition) is 14. The summed E-state index contributed by atoms with van der Waals surface area (Å²) in [7, 11) is 2.81. The molecule has 0 radical (unpaired) electrons. The van der Waals surface area contributed by atoms with Crippen LogP contribution in [0.25, 0.3) is 0 Å². The Morgan fingerprint density at radius 3 is 2.29 bits per heavy atom. The lowest BCUT2D eigenvalue weighted by atomic mass is 9.77. The zero-order chi connectivity index (χ0) is 44.5. The minimum atomic E-state index is -1.92. The number of rotatable bonds is 10. The maximum Gasteiger partial charge on any atom is 0.404 e. The minimum absolute atomic E-state index is 0.0173. The van der Waals surface area contributed by atoms with Crippen LogP contribution in [-0.4, -0.2) is 125 Å². The molecule has 0 aromatic rings. The summed E-state index contributed by atoms with van der Waals surface area (Å²) >= 11 is 0. The van der Waals surface area contributed by atoms with Crippen LogP contribution >= 0.6 is 0 Å². The second-order valence-electron chi connectivity index (χ2n) is 17.2. The number of carbonyl (C=O) groups excluding carboxylic acids is 2. The number of amides is 1. The second kappa shape index (κ2) is 22.3. The van der Waals surface area contributed by atoms with Crippen LogP contribution < -0.4 is 5.73 Å². The number of esters is 1. The van der Waals surface area contributed by atoms with Gasteiger partial charge in [-0.3, -0.25) is 0 Å². The maximum absolute atomic E-state index is 13.9. The number of allylic oxidation sites excluding steroid dienone is 5. The monoisotopic (exact) mass is 840 g/mol. The summed E-state index contributed by atoms with van der Waals surface area (Å²) in [5.74, 6) is -5.80. The van der Waals surface area contributed by atoms with E-state index in [1.54, 1.807) is 46.8 Å². The van der Waals surface area contributed by atoms with E-state index < -0.39 is 97.0 Å². The Bertz CT molecular complexity index is 1490. The Morgan fingerprint density at radius 1 is 1.05 bits per heavy atom. The molecule has 59 heavy (non-hydrogen) atoms. The Morgan fingerprint density at radius 2 is 1.71 bits per heavy atom. The zero-order valence-electron chi connectivity index (χ0n) is 37.0. The third-order valence-electron chi connectivity index (χ3n) is 12.7. The van der Waals surface area contributed by atoms with E-state index >= 15 is 0 Å². The third kappa shape index (κ3) is 13.1. The van der Waals surface area contributed by atoms with Crippen LogP contribution in [0.1, 0.15) is 94.9 Å². The smallest absolute Gasteiger partial charge is 0.404 e. The van der Waals surface area contributed by atoms with Crippen LogP contribution in [0.2, 0.25) is 0 Å². The molecule has 15 nitrogen and oxygen atoms in total. The first-order valence-corrected chi connectivity index (χ1v) is 21.0. The summed E-state index contributed by atoms with van der Waals surface area (Å²) in [4.78, 5) is 25.2. The fourth-order valence-corrected chi connectivity index (χ4v) is 8.71. The number of hydrogen-bond donors (Lipinski definition) is 6. The summed E-state index contributed by atoms with van der Waals surface area (Å²) in [5.41, 5.74) is 6.77. The van der Waals surface area contributed by atoms with Gasteiger partial charge in [0.25, 0.3) is 0 Å². The first kappa shape index (κ1) is 50.5. The van der Waals surface area contributed by atoms with Crippen LogP contribution in [-0.2, 0) is 38.0 Å². The van der Waals surface area contributed by atoms with Crippen molar-refractivity contribution in [3.8, 4) is 0 Å². The van der Waals surface area contributed by atoms with E-state index in [-0.39, 0.29) is 42.3 Å². The molecule has 3 rings (SSSR count). The van der Waals surface area contributed by atoms with Crippen molar-refractivity contribution in [1.29, 1.82) is 0 Å². The van der Waals surface area contributed by atoms with Gasteiger partial charge in [-0.15, -0.1) is 0 Å². The van der Waals surface area contributed by atoms with Gasteiger partial charge in [-0.25, -0.2) is 9.59 Å². The van der Waals surface area contributed by atoms with Gasteiger partial charge in [0.1, 0.15) is 12.2 Å². The highest BCUT2D eigenvalue weighted by molar-refractivity contribution is 5.87. The fourth-order valence-electron chi connectivity index (χ4n) is 8.71. The van der Waals surface area contributed by atoms with Crippen molar-refractivity contribution in [2.24, 2.45) is 41.2 Å². The van der Waals surface area contributed by atoms with E-state index in [2.05, 4.69) is 0 Å². The SMILES string of the molecule is CC[C@@H]1[C@@H](O)[C@H](C)C/C(C)=C\C=C/[C@H](OC)[C@H]([C@H](C)[C@H](O)[C@H](C)[C@@]2(O)C[C@H](O[C@@H]3C[C@H](O)[C@@H](OC(N)=O)[C@@H](C)O3)[C@H](C)[C@@H](C)O2)OC(=O)/C(OC)=C\C(C)=C/[C@H](C)[C@H]1O. The standard InChI is InChI=1S/C44H73NO14/c1-13-31-37(47)24(4)17-22(2)15-14-16-33(53-11)40(57-42(50)34(54-12)19-23(3)18-25(5)38(31)48)27(7)39(49)28(8)44(52)21-35(26(6)29(9)59-44)56-36-20-32(46)41(30(10)55-36)58-43(45)51/h14-16,18-19,24-33,35-41,46-49,52H,13,17,20-21H2,1-12H3,(H2,45,51)/b16-14-,22-15-,23-18-,34-19+/t24-,25+,26-,27-,28+,29-,30-,31-,32+,33+,35+,36-,37+,38-,39+,40+,41+,44-/m1/s1. The summed E-state index contributed by atoms with van der Waals surface area (Å²) in [6.07, 6.45) is -1.05. The minimum Gasteiger partial charge on any atom is -0.490 e. The number of ether oxygens (including phenoxy) is 7. The van der Waals surface area contributed by atoms with E-state index in [1.807, 2.05) is 46.8 Å². The molecule has 0 bridgehead atoms. The van der Waals surface area contributed by atoms with Gasteiger partial charge in [-0.1, -0.05) is 77.0 Å². The third-order valence-corrected chi connectivity index (χ3v) is 12.7. The molecule has 3 aliphatic heterocycles. The summed E-state index contributed by atoms with van der Waals surface area (Å²) in [6.45, 7) is 18.1. The first-order valence-electron chi connectivity index (χ1n) is 21.0. The number of aliphatic hydroxyl groups is 5. The molecule has 3 aliphatic rings. The van der Waals surface area contributed by atoms with Gasteiger partial charge in [0.15, 0.2) is 18.2 Å². The van der Waals surface area contributed by atoms with Crippen molar-refractivity contribution in [1.82, 2.24) is 0 Å².